The predicted molar refractivity (Wildman–Crippen MR) is 127 cm³/mol. The van der Waals surface area contributed by atoms with Gasteiger partial charge in [-0.3, -0.25) is 0 Å². The molecule has 158 valence electrons. The van der Waals surface area contributed by atoms with Crippen LogP contribution in [0.4, 0.5) is 5.69 Å². The molecule has 1 unspecified atom stereocenters. The number of anilines is 1. The number of aryl methyl sites for hydroxylation is 1. The Labute approximate surface area is 184 Å². The van der Waals surface area contributed by atoms with Crippen molar-refractivity contribution in [1.82, 2.24) is 0 Å². The summed E-state index contributed by atoms with van der Waals surface area (Å²) in [7, 11) is 0. The van der Waals surface area contributed by atoms with Crippen LogP contribution in [-0.4, -0.2) is 33.7 Å². The zero-order valence-corrected chi connectivity index (χ0v) is 18.8. The largest absolute Gasteiger partial charge is 0.346 e. The second-order valence-electron chi connectivity index (χ2n) is 9.02. The minimum absolute atomic E-state index is 0.587. The highest BCUT2D eigenvalue weighted by Gasteiger charge is 2.53. The van der Waals surface area contributed by atoms with Crippen molar-refractivity contribution in [3.05, 3.63) is 65.2 Å². The van der Waals surface area contributed by atoms with E-state index >= 15 is 0 Å². The molecule has 30 heavy (non-hydrogen) atoms. The second-order valence-corrected chi connectivity index (χ2v) is 10.1. The summed E-state index contributed by atoms with van der Waals surface area (Å²) in [6.07, 6.45) is 8.87. The Hall–Kier alpha value is -1.78. The normalized spacial score (nSPS) is 24.9. The monoisotopic (exact) mass is 421 g/mol. The smallest absolute Gasteiger partial charge is 0.316 e. The maximum absolute atomic E-state index is 11.9. The van der Waals surface area contributed by atoms with E-state index in [0.717, 1.165) is 30.7 Å². The van der Waals surface area contributed by atoms with Gasteiger partial charge in [0.05, 0.1) is 6.54 Å². The van der Waals surface area contributed by atoms with Crippen LogP contribution in [0.15, 0.2) is 48.5 Å². The fourth-order valence-electron chi connectivity index (χ4n) is 5.32. The van der Waals surface area contributed by atoms with Crippen molar-refractivity contribution in [2.75, 3.05) is 23.7 Å². The molecule has 2 aromatic carbocycles. The topological polar surface area (TPSA) is 26.5 Å². The Morgan fingerprint density at radius 3 is 2.43 bits per heavy atom. The molecule has 0 spiro atoms. The SMILES string of the molecule is CCc1ccc(N2CC(O)(c3ccc(C4CCCCC4)cc3)[N+]3=C2SCCC3)cc1. The van der Waals surface area contributed by atoms with E-state index < -0.39 is 5.72 Å². The van der Waals surface area contributed by atoms with Gasteiger partial charge in [0, 0.05) is 11.3 Å². The van der Waals surface area contributed by atoms with E-state index in [1.807, 2.05) is 11.8 Å². The van der Waals surface area contributed by atoms with Crippen LogP contribution in [-0.2, 0) is 12.1 Å². The highest BCUT2D eigenvalue weighted by Crippen LogP contribution is 2.39. The number of β-amino-alcohol motifs (C(OH)–C–C–N with tert-alkyl or cyclic N) is 1. The summed E-state index contributed by atoms with van der Waals surface area (Å²) in [6.45, 7) is 3.68. The molecule has 0 amide bonds. The molecule has 0 aromatic heterocycles. The lowest BCUT2D eigenvalue weighted by Gasteiger charge is -2.26. The zero-order chi connectivity index (χ0) is 20.6. The molecule has 1 N–H and O–H groups in total. The molecule has 2 aromatic rings. The Morgan fingerprint density at radius 1 is 1.00 bits per heavy atom. The van der Waals surface area contributed by atoms with Crippen molar-refractivity contribution in [2.24, 2.45) is 0 Å². The minimum atomic E-state index is -0.961. The number of rotatable bonds is 4. The summed E-state index contributed by atoms with van der Waals surface area (Å²) in [5.74, 6) is 1.82. The van der Waals surface area contributed by atoms with Crippen LogP contribution >= 0.6 is 11.8 Å². The summed E-state index contributed by atoms with van der Waals surface area (Å²) in [5, 5.41) is 13.1. The van der Waals surface area contributed by atoms with Crippen LogP contribution in [0.25, 0.3) is 0 Å². The van der Waals surface area contributed by atoms with Crippen molar-refractivity contribution < 1.29 is 9.68 Å². The third-order valence-electron chi connectivity index (χ3n) is 7.15. The quantitative estimate of drug-likeness (QED) is 0.663. The first-order valence-electron chi connectivity index (χ1n) is 11.7. The zero-order valence-electron chi connectivity index (χ0n) is 18.0. The summed E-state index contributed by atoms with van der Waals surface area (Å²) in [6, 6.07) is 17.8. The van der Waals surface area contributed by atoms with Gasteiger partial charge in [0.2, 0.25) is 0 Å². The Morgan fingerprint density at radius 2 is 1.73 bits per heavy atom. The average molecular weight is 422 g/mol. The standard InChI is InChI=1S/C26H33N2OS/c1-2-20-9-15-24(16-10-20)27-19-26(29,28-17-6-18-30-25(27)28)23-13-11-22(12-14-23)21-7-4-3-5-8-21/h9-16,21,29H,2-8,17-19H2,1H3/q+1. The maximum atomic E-state index is 11.9. The van der Waals surface area contributed by atoms with Crippen molar-refractivity contribution in [2.45, 2.75) is 63.5 Å². The van der Waals surface area contributed by atoms with Crippen molar-refractivity contribution in [3.8, 4) is 0 Å². The molecule has 0 radical (unpaired) electrons. The highest BCUT2D eigenvalue weighted by atomic mass is 32.2. The first-order chi connectivity index (χ1) is 14.7. The van der Waals surface area contributed by atoms with E-state index in [9.17, 15) is 5.11 Å². The summed E-state index contributed by atoms with van der Waals surface area (Å²) in [4.78, 5) is 2.32. The number of hydrogen-bond acceptors (Lipinski definition) is 3. The second kappa shape index (κ2) is 8.39. The summed E-state index contributed by atoms with van der Waals surface area (Å²) in [5.41, 5.74) is 4.04. The average Bonchev–Trinajstić information content (AvgIpc) is 3.14. The molecule has 5 rings (SSSR count). The molecular formula is C26H33N2OS+. The predicted octanol–water partition coefficient (Wildman–Crippen LogP) is 5.47. The van der Waals surface area contributed by atoms with Gasteiger partial charge in [0.1, 0.15) is 5.69 Å². The van der Waals surface area contributed by atoms with Crippen LogP contribution in [0.1, 0.15) is 68.1 Å². The van der Waals surface area contributed by atoms with Gasteiger partial charge in [0.15, 0.2) is 6.54 Å². The van der Waals surface area contributed by atoms with E-state index in [-0.39, 0.29) is 0 Å². The molecule has 0 saturated heterocycles. The molecule has 0 bridgehead atoms. The van der Waals surface area contributed by atoms with Gasteiger partial charge in [-0.25, -0.2) is 9.48 Å². The fourth-order valence-corrected chi connectivity index (χ4v) is 6.50. The lowest BCUT2D eigenvalue weighted by molar-refractivity contribution is -0.656. The third kappa shape index (κ3) is 3.58. The number of amidine groups is 1. The van der Waals surface area contributed by atoms with Gasteiger partial charge >= 0.3 is 5.17 Å². The third-order valence-corrected chi connectivity index (χ3v) is 8.34. The van der Waals surface area contributed by atoms with Gasteiger partial charge < -0.3 is 5.11 Å². The fraction of sp³-hybridized carbons (Fsp3) is 0.500. The van der Waals surface area contributed by atoms with E-state index in [1.54, 1.807) is 0 Å². The van der Waals surface area contributed by atoms with Crippen LogP contribution < -0.4 is 4.90 Å². The van der Waals surface area contributed by atoms with Gasteiger partial charge in [-0.15, -0.1) is 0 Å². The first kappa shape index (κ1) is 20.1. The van der Waals surface area contributed by atoms with Gasteiger partial charge in [0.25, 0.3) is 5.72 Å². The van der Waals surface area contributed by atoms with E-state index in [1.165, 1.54) is 54.1 Å². The van der Waals surface area contributed by atoms with Crippen LogP contribution in [0.5, 0.6) is 0 Å². The molecule has 4 heteroatoms. The number of hydrogen-bond donors (Lipinski definition) is 1. The lowest BCUT2D eigenvalue weighted by Crippen LogP contribution is -2.41. The van der Waals surface area contributed by atoms with Crippen molar-refractivity contribution in [1.29, 1.82) is 0 Å². The molecule has 1 fully saturated rings. The van der Waals surface area contributed by atoms with Gasteiger partial charge in [-0.1, -0.05) is 62.6 Å². The van der Waals surface area contributed by atoms with Gasteiger partial charge in [-0.2, -0.15) is 0 Å². The molecule has 2 heterocycles. The number of aliphatic hydroxyl groups is 1. The molecule has 2 aliphatic heterocycles. The highest BCUT2D eigenvalue weighted by molar-refractivity contribution is 8.13. The minimum Gasteiger partial charge on any atom is -0.346 e. The Kier molecular flexibility index (Phi) is 5.63. The van der Waals surface area contributed by atoms with E-state index in [0.29, 0.717) is 12.5 Å². The van der Waals surface area contributed by atoms with Crippen LogP contribution in [0.3, 0.4) is 0 Å². The molecular weight excluding hydrogens is 388 g/mol. The van der Waals surface area contributed by atoms with Gasteiger partial charge in [-0.05, 0) is 66.6 Å². The van der Waals surface area contributed by atoms with Crippen LogP contribution in [0, 0.1) is 0 Å². The van der Waals surface area contributed by atoms with Crippen LogP contribution in [0.2, 0.25) is 0 Å². The van der Waals surface area contributed by atoms with Crippen molar-refractivity contribution in [3.63, 3.8) is 0 Å². The van der Waals surface area contributed by atoms with E-state index in [2.05, 4.69) is 64.9 Å². The van der Waals surface area contributed by atoms with E-state index in [4.69, 9.17) is 0 Å². The maximum Gasteiger partial charge on any atom is 0.316 e. The molecule has 1 atom stereocenters. The number of benzene rings is 2. The summed E-state index contributed by atoms with van der Waals surface area (Å²) < 4.78 is 2.24. The molecule has 3 aliphatic rings. The molecule has 1 saturated carbocycles. The number of nitrogens with zero attached hydrogens (tertiary/aromatic N) is 2. The Balaban J connectivity index is 1.45. The first-order valence-corrected chi connectivity index (χ1v) is 12.6. The Bertz CT molecular complexity index is 915. The van der Waals surface area contributed by atoms with Crippen molar-refractivity contribution >= 4 is 22.6 Å². The number of thioether (sulfide) groups is 1. The lowest BCUT2D eigenvalue weighted by atomic mass is 9.83. The summed E-state index contributed by atoms with van der Waals surface area (Å²) >= 11 is 1.88. The molecule has 1 aliphatic carbocycles. The molecule has 3 nitrogen and oxygen atoms in total.